The third kappa shape index (κ3) is 4.15. The molecule has 88 valence electrons. The number of rotatable bonds is 6. The summed E-state index contributed by atoms with van der Waals surface area (Å²) in [6.45, 7) is 4.92. The summed E-state index contributed by atoms with van der Waals surface area (Å²) in [5.41, 5.74) is 6.49. The van der Waals surface area contributed by atoms with Crippen molar-refractivity contribution in [3.63, 3.8) is 0 Å². The van der Waals surface area contributed by atoms with Crippen LogP contribution in [0.1, 0.15) is 37.0 Å². The first-order valence-electron chi connectivity index (χ1n) is 5.91. The van der Waals surface area contributed by atoms with Gasteiger partial charge >= 0.3 is 0 Å². The number of Topliss-reactive ketones (excluding diaryl/α,β-unsaturated/α-hetero) is 1. The lowest BCUT2D eigenvalue weighted by Crippen LogP contribution is -2.20. The van der Waals surface area contributed by atoms with Crippen molar-refractivity contribution in [2.75, 3.05) is 6.54 Å². The topological polar surface area (TPSA) is 43.1 Å². The largest absolute Gasteiger partial charge is 0.330 e. The summed E-state index contributed by atoms with van der Waals surface area (Å²) >= 11 is 0. The summed E-state index contributed by atoms with van der Waals surface area (Å²) in [5.74, 6) is 1.11. The minimum absolute atomic E-state index is 0.205. The van der Waals surface area contributed by atoms with Gasteiger partial charge in [-0.05, 0) is 24.8 Å². The van der Waals surface area contributed by atoms with Gasteiger partial charge in [0.25, 0.3) is 0 Å². The van der Waals surface area contributed by atoms with Gasteiger partial charge in [0, 0.05) is 12.0 Å². The molecule has 0 spiro atoms. The maximum atomic E-state index is 11.9. The Morgan fingerprint density at radius 1 is 1.25 bits per heavy atom. The van der Waals surface area contributed by atoms with Gasteiger partial charge in [-0.2, -0.15) is 0 Å². The number of benzene rings is 1. The average Bonchev–Trinajstić information content (AvgIpc) is 2.28. The zero-order valence-electron chi connectivity index (χ0n) is 10.1. The van der Waals surface area contributed by atoms with Crippen LogP contribution >= 0.6 is 0 Å². The van der Waals surface area contributed by atoms with Crippen LogP contribution in [0.5, 0.6) is 0 Å². The predicted octanol–water partition coefficient (Wildman–Crippen LogP) is 2.88. The highest BCUT2D eigenvalue weighted by Crippen LogP contribution is 2.17. The molecule has 0 heterocycles. The molecular weight excluding hydrogens is 198 g/mol. The molecule has 0 aromatic heterocycles. The Morgan fingerprint density at radius 3 is 2.38 bits per heavy atom. The summed E-state index contributed by atoms with van der Waals surface area (Å²) in [4.78, 5) is 11.9. The van der Waals surface area contributed by atoms with E-state index in [0.717, 1.165) is 12.0 Å². The second-order valence-corrected chi connectivity index (χ2v) is 4.72. The van der Waals surface area contributed by atoms with Gasteiger partial charge in [-0.3, -0.25) is 4.79 Å². The van der Waals surface area contributed by atoms with Crippen molar-refractivity contribution in [3.05, 3.63) is 35.9 Å². The zero-order chi connectivity index (χ0) is 12.0. The fourth-order valence-electron chi connectivity index (χ4n) is 1.93. The molecule has 1 aromatic carbocycles. The van der Waals surface area contributed by atoms with E-state index in [1.165, 1.54) is 0 Å². The molecule has 16 heavy (non-hydrogen) atoms. The van der Waals surface area contributed by atoms with Gasteiger partial charge in [-0.1, -0.05) is 44.2 Å². The number of hydrogen-bond acceptors (Lipinski definition) is 2. The van der Waals surface area contributed by atoms with E-state index in [2.05, 4.69) is 13.8 Å². The first kappa shape index (κ1) is 12.9. The molecule has 0 saturated carbocycles. The van der Waals surface area contributed by atoms with Crippen molar-refractivity contribution < 1.29 is 4.79 Å². The average molecular weight is 219 g/mol. The van der Waals surface area contributed by atoms with Crippen molar-refractivity contribution in [1.29, 1.82) is 0 Å². The summed E-state index contributed by atoms with van der Waals surface area (Å²) in [7, 11) is 0. The number of carbonyl (C=O) groups is 1. The van der Waals surface area contributed by atoms with Crippen molar-refractivity contribution in [2.45, 2.75) is 26.7 Å². The van der Waals surface area contributed by atoms with Crippen LogP contribution in [0, 0.1) is 11.8 Å². The Bertz CT molecular complexity index is 319. The number of ketones is 1. The number of hydrogen-bond donors (Lipinski definition) is 1. The summed E-state index contributed by atoms with van der Waals surface area (Å²) in [6.07, 6.45) is 1.59. The summed E-state index contributed by atoms with van der Waals surface area (Å²) < 4.78 is 0. The van der Waals surface area contributed by atoms with Crippen LogP contribution in [-0.2, 0) is 0 Å². The third-order valence-corrected chi connectivity index (χ3v) is 2.71. The molecular formula is C14H21NO. The molecule has 0 fully saturated rings. The third-order valence-electron chi connectivity index (χ3n) is 2.71. The van der Waals surface area contributed by atoms with E-state index in [0.29, 0.717) is 24.8 Å². The van der Waals surface area contributed by atoms with Crippen LogP contribution < -0.4 is 5.73 Å². The summed E-state index contributed by atoms with van der Waals surface area (Å²) in [6, 6.07) is 9.45. The SMILES string of the molecule is CC(C)CC(CN)CC(=O)c1ccccc1. The van der Waals surface area contributed by atoms with Crippen molar-refractivity contribution in [3.8, 4) is 0 Å². The van der Waals surface area contributed by atoms with Gasteiger partial charge < -0.3 is 5.73 Å². The van der Waals surface area contributed by atoms with Crippen LogP contribution in [-0.4, -0.2) is 12.3 Å². The fourth-order valence-corrected chi connectivity index (χ4v) is 1.93. The van der Waals surface area contributed by atoms with Gasteiger partial charge in [0.15, 0.2) is 5.78 Å². The van der Waals surface area contributed by atoms with E-state index in [1.54, 1.807) is 0 Å². The molecule has 1 unspecified atom stereocenters. The molecule has 0 amide bonds. The molecule has 2 nitrogen and oxygen atoms in total. The van der Waals surface area contributed by atoms with Crippen LogP contribution in [0.25, 0.3) is 0 Å². The second-order valence-electron chi connectivity index (χ2n) is 4.72. The molecule has 0 aliphatic heterocycles. The van der Waals surface area contributed by atoms with Gasteiger partial charge in [0.1, 0.15) is 0 Å². The fraction of sp³-hybridized carbons (Fsp3) is 0.500. The highest BCUT2D eigenvalue weighted by atomic mass is 16.1. The quantitative estimate of drug-likeness (QED) is 0.748. The maximum absolute atomic E-state index is 11.9. The lowest BCUT2D eigenvalue weighted by molar-refractivity contribution is 0.0957. The van der Waals surface area contributed by atoms with E-state index in [-0.39, 0.29) is 5.78 Å². The second kappa shape index (κ2) is 6.44. The maximum Gasteiger partial charge on any atom is 0.163 e. The Kier molecular flexibility index (Phi) is 5.20. The van der Waals surface area contributed by atoms with E-state index >= 15 is 0 Å². The van der Waals surface area contributed by atoms with E-state index in [1.807, 2.05) is 30.3 Å². The minimum Gasteiger partial charge on any atom is -0.330 e. The van der Waals surface area contributed by atoms with Crippen LogP contribution in [0.4, 0.5) is 0 Å². The predicted molar refractivity (Wildman–Crippen MR) is 67.4 cm³/mol. The monoisotopic (exact) mass is 219 g/mol. The minimum atomic E-state index is 0.205. The van der Waals surface area contributed by atoms with Crippen molar-refractivity contribution in [2.24, 2.45) is 17.6 Å². The number of carbonyl (C=O) groups excluding carboxylic acids is 1. The van der Waals surface area contributed by atoms with E-state index in [9.17, 15) is 4.79 Å². The zero-order valence-corrected chi connectivity index (χ0v) is 10.1. The lowest BCUT2D eigenvalue weighted by Gasteiger charge is -2.16. The number of nitrogens with two attached hydrogens (primary N) is 1. The van der Waals surface area contributed by atoms with E-state index in [4.69, 9.17) is 5.73 Å². The van der Waals surface area contributed by atoms with E-state index < -0.39 is 0 Å². The molecule has 1 rings (SSSR count). The van der Waals surface area contributed by atoms with Crippen molar-refractivity contribution in [1.82, 2.24) is 0 Å². The molecule has 0 aliphatic carbocycles. The highest BCUT2D eigenvalue weighted by molar-refractivity contribution is 5.96. The molecule has 2 N–H and O–H groups in total. The molecule has 0 saturated heterocycles. The van der Waals surface area contributed by atoms with Crippen LogP contribution in [0.2, 0.25) is 0 Å². The Balaban J connectivity index is 2.56. The standard InChI is InChI=1S/C14H21NO/c1-11(2)8-12(10-15)9-14(16)13-6-4-3-5-7-13/h3-7,11-12H,8-10,15H2,1-2H3. The van der Waals surface area contributed by atoms with Crippen LogP contribution in [0.15, 0.2) is 30.3 Å². The smallest absolute Gasteiger partial charge is 0.163 e. The Hall–Kier alpha value is -1.15. The molecule has 2 heteroatoms. The highest BCUT2D eigenvalue weighted by Gasteiger charge is 2.14. The van der Waals surface area contributed by atoms with Crippen LogP contribution in [0.3, 0.4) is 0 Å². The van der Waals surface area contributed by atoms with Crippen molar-refractivity contribution >= 4 is 5.78 Å². The first-order valence-corrected chi connectivity index (χ1v) is 5.91. The Labute approximate surface area is 97.9 Å². The Morgan fingerprint density at radius 2 is 1.88 bits per heavy atom. The molecule has 1 aromatic rings. The molecule has 0 aliphatic rings. The normalized spacial score (nSPS) is 12.8. The first-order chi connectivity index (χ1) is 7.63. The lowest BCUT2D eigenvalue weighted by atomic mass is 9.91. The van der Waals surface area contributed by atoms with Gasteiger partial charge in [-0.15, -0.1) is 0 Å². The molecule has 0 radical (unpaired) electrons. The van der Waals surface area contributed by atoms with Gasteiger partial charge in [0.05, 0.1) is 0 Å². The van der Waals surface area contributed by atoms with Gasteiger partial charge in [-0.25, -0.2) is 0 Å². The van der Waals surface area contributed by atoms with Gasteiger partial charge in [0.2, 0.25) is 0 Å². The molecule has 0 bridgehead atoms. The molecule has 1 atom stereocenters. The summed E-state index contributed by atoms with van der Waals surface area (Å²) in [5, 5.41) is 0.